The van der Waals surface area contributed by atoms with Crippen molar-refractivity contribution in [2.45, 2.75) is 27.2 Å². The first-order chi connectivity index (χ1) is 13.5. The smallest absolute Gasteiger partial charge is 0.337 e. The molecule has 0 aliphatic heterocycles. The van der Waals surface area contributed by atoms with Gasteiger partial charge in [0.05, 0.1) is 12.7 Å². The first-order valence-electron chi connectivity index (χ1n) is 9.16. The largest absolute Gasteiger partial charge is 0.465 e. The third-order valence-corrected chi connectivity index (χ3v) is 4.41. The lowest BCUT2D eigenvalue weighted by Crippen LogP contribution is -2.05. The molecule has 28 heavy (non-hydrogen) atoms. The van der Waals surface area contributed by atoms with Gasteiger partial charge < -0.3 is 15.4 Å². The second-order valence-electron chi connectivity index (χ2n) is 6.50. The second-order valence-corrected chi connectivity index (χ2v) is 6.50. The summed E-state index contributed by atoms with van der Waals surface area (Å²) < 4.78 is 4.72. The number of hydrogen-bond acceptors (Lipinski definition) is 6. The van der Waals surface area contributed by atoms with Crippen LogP contribution in [-0.4, -0.2) is 23.0 Å². The van der Waals surface area contributed by atoms with Gasteiger partial charge in [-0.15, -0.1) is 0 Å². The van der Waals surface area contributed by atoms with Crippen molar-refractivity contribution in [2.24, 2.45) is 0 Å². The fourth-order valence-corrected chi connectivity index (χ4v) is 2.96. The van der Waals surface area contributed by atoms with E-state index in [0.717, 1.165) is 29.3 Å². The average molecular weight is 376 g/mol. The van der Waals surface area contributed by atoms with E-state index in [4.69, 9.17) is 4.74 Å². The maximum atomic E-state index is 11.6. The summed E-state index contributed by atoms with van der Waals surface area (Å²) in [5, 5.41) is 6.62. The normalized spacial score (nSPS) is 10.4. The summed E-state index contributed by atoms with van der Waals surface area (Å²) >= 11 is 0. The number of anilines is 4. The van der Waals surface area contributed by atoms with Crippen molar-refractivity contribution in [1.82, 2.24) is 9.97 Å². The molecule has 1 heterocycles. The van der Waals surface area contributed by atoms with Crippen LogP contribution in [-0.2, 0) is 11.2 Å². The molecule has 0 spiro atoms. The van der Waals surface area contributed by atoms with Crippen LogP contribution >= 0.6 is 0 Å². The maximum absolute atomic E-state index is 11.6. The van der Waals surface area contributed by atoms with Crippen molar-refractivity contribution in [3.8, 4) is 0 Å². The van der Waals surface area contributed by atoms with Crippen molar-refractivity contribution in [3.05, 3.63) is 70.9 Å². The molecule has 6 heteroatoms. The highest BCUT2D eigenvalue weighted by Gasteiger charge is 2.09. The van der Waals surface area contributed by atoms with E-state index >= 15 is 0 Å². The van der Waals surface area contributed by atoms with Crippen LogP contribution in [0, 0.1) is 13.8 Å². The number of nitrogens with one attached hydrogen (secondary N) is 2. The number of benzene rings is 2. The zero-order valence-electron chi connectivity index (χ0n) is 16.5. The van der Waals surface area contributed by atoms with E-state index < -0.39 is 0 Å². The highest BCUT2D eigenvalue weighted by Crippen LogP contribution is 2.26. The minimum atomic E-state index is -0.366. The van der Waals surface area contributed by atoms with Crippen LogP contribution in [0.2, 0.25) is 0 Å². The summed E-state index contributed by atoms with van der Waals surface area (Å²) in [6, 6.07) is 15.2. The average Bonchev–Trinajstić information content (AvgIpc) is 2.69. The summed E-state index contributed by atoms with van der Waals surface area (Å²) in [5.74, 6) is 0.847. The van der Waals surface area contributed by atoms with Gasteiger partial charge in [-0.25, -0.2) is 9.78 Å². The van der Waals surface area contributed by atoms with Gasteiger partial charge in [0.1, 0.15) is 5.82 Å². The molecule has 0 radical (unpaired) electrons. The molecular formula is C22H24N4O2. The lowest BCUT2D eigenvalue weighted by molar-refractivity contribution is 0.0601. The van der Waals surface area contributed by atoms with Crippen molar-refractivity contribution in [2.75, 3.05) is 17.7 Å². The Morgan fingerprint density at radius 3 is 2.46 bits per heavy atom. The molecule has 0 saturated carbocycles. The number of hydrogen-bond donors (Lipinski definition) is 2. The standard InChI is InChI=1S/C22H24N4O2/c1-5-16-8-6-7-14(2)20(16)25-19-13-15(3)23-22(26-19)24-18-11-9-17(10-12-18)21(27)28-4/h6-13H,5H2,1-4H3,(H2,23,24,25,26). The fraction of sp³-hybridized carbons (Fsp3) is 0.227. The van der Waals surface area contributed by atoms with Crippen LogP contribution in [0.15, 0.2) is 48.5 Å². The number of carbonyl (C=O) groups excluding carboxylic acids is 1. The van der Waals surface area contributed by atoms with E-state index in [9.17, 15) is 4.79 Å². The number of rotatable bonds is 6. The first-order valence-corrected chi connectivity index (χ1v) is 9.16. The van der Waals surface area contributed by atoms with Crippen LogP contribution in [0.25, 0.3) is 0 Å². The van der Waals surface area contributed by atoms with Gasteiger partial charge in [-0.1, -0.05) is 25.1 Å². The van der Waals surface area contributed by atoms with E-state index in [2.05, 4.69) is 52.6 Å². The Morgan fingerprint density at radius 1 is 1.04 bits per heavy atom. The van der Waals surface area contributed by atoms with Crippen LogP contribution in [0.5, 0.6) is 0 Å². The van der Waals surface area contributed by atoms with Crippen LogP contribution < -0.4 is 10.6 Å². The number of nitrogens with zero attached hydrogens (tertiary/aromatic N) is 2. The lowest BCUT2D eigenvalue weighted by atomic mass is 10.1. The van der Waals surface area contributed by atoms with Crippen LogP contribution in [0.3, 0.4) is 0 Å². The molecule has 3 aromatic rings. The molecule has 0 aliphatic rings. The molecule has 0 fully saturated rings. The summed E-state index contributed by atoms with van der Waals surface area (Å²) in [6.07, 6.45) is 0.936. The minimum absolute atomic E-state index is 0.366. The lowest BCUT2D eigenvalue weighted by Gasteiger charge is -2.15. The van der Waals surface area contributed by atoms with E-state index in [1.54, 1.807) is 24.3 Å². The summed E-state index contributed by atoms with van der Waals surface area (Å²) in [6.45, 7) is 6.14. The Bertz CT molecular complexity index is 984. The number of aryl methyl sites for hydroxylation is 3. The van der Waals surface area contributed by atoms with Gasteiger partial charge in [0.25, 0.3) is 0 Å². The number of para-hydroxylation sites is 1. The van der Waals surface area contributed by atoms with Gasteiger partial charge in [0, 0.05) is 23.1 Å². The van der Waals surface area contributed by atoms with Crippen LogP contribution in [0.1, 0.15) is 34.1 Å². The number of methoxy groups -OCH3 is 1. The summed E-state index contributed by atoms with van der Waals surface area (Å²) in [5.41, 5.74) is 5.61. The molecule has 2 aromatic carbocycles. The highest BCUT2D eigenvalue weighted by molar-refractivity contribution is 5.89. The Balaban J connectivity index is 1.83. The SMILES string of the molecule is CCc1cccc(C)c1Nc1cc(C)nc(Nc2ccc(C(=O)OC)cc2)n1. The molecule has 0 atom stereocenters. The molecular weight excluding hydrogens is 352 g/mol. The molecule has 1 aromatic heterocycles. The molecule has 0 unspecified atom stereocenters. The Morgan fingerprint density at radius 2 is 1.79 bits per heavy atom. The van der Waals surface area contributed by atoms with E-state index in [1.165, 1.54) is 18.2 Å². The molecule has 0 aliphatic carbocycles. The van der Waals surface area contributed by atoms with Gasteiger partial charge in [0.15, 0.2) is 0 Å². The minimum Gasteiger partial charge on any atom is -0.465 e. The predicted molar refractivity (Wildman–Crippen MR) is 112 cm³/mol. The van der Waals surface area contributed by atoms with Gasteiger partial charge in [-0.3, -0.25) is 0 Å². The van der Waals surface area contributed by atoms with Crippen molar-refractivity contribution in [3.63, 3.8) is 0 Å². The molecule has 3 rings (SSSR count). The number of aromatic nitrogens is 2. The Labute approximate surface area is 165 Å². The van der Waals surface area contributed by atoms with Gasteiger partial charge in [-0.05, 0) is 55.7 Å². The molecule has 0 amide bonds. The van der Waals surface area contributed by atoms with Gasteiger partial charge in [-0.2, -0.15) is 4.98 Å². The first kappa shape index (κ1) is 19.4. The number of esters is 1. The van der Waals surface area contributed by atoms with Crippen molar-refractivity contribution < 1.29 is 9.53 Å². The second kappa shape index (κ2) is 8.52. The highest BCUT2D eigenvalue weighted by atomic mass is 16.5. The molecule has 0 saturated heterocycles. The van der Waals surface area contributed by atoms with Crippen molar-refractivity contribution >= 4 is 29.1 Å². The predicted octanol–water partition coefficient (Wildman–Crippen LogP) is 4.93. The number of ether oxygens (including phenoxy) is 1. The molecule has 2 N–H and O–H groups in total. The van der Waals surface area contributed by atoms with Gasteiger partial charge in [0.2, 0.25) is 5.95 Å². The Hall–Kier alpha value is -3.41. The van der Waals surface area contributed by atoms with Gasteiger partial charge >= 0.3 is 5.97 Å². The summed E-state index contributed by atoms with van der Waals surface area (Å²) in [7, 11) is 1.36. The number of carbonyl (C=O) groups is 1. The van der Waals surface area contributed by atoms with E-state index in [1.807, 2.05) is 13.0 Å². The van der Waals surface area contributed by atoms with Crippen LogP contribution in [0.4, 0.5) is 23.1 Å². The maximum Gasteiger partial charge on any atom is 0.337 e. The monoisotopic (exact) mass is 376 g/mol. The third kappa shape index (κ3) is 4.46. The molecule has 6 nitrogen and oxygen atoms in total. The molecule has 0 bridgehead atoms. The van der Waals surface area contributed by atoms with E-state index in [-0.39, 0.29) is 5.97 Å². The Kier molecular flexibility index (Phi) is 5.89. The van der Waals surface area contributed by atoms with Crippen molar-refractivity contribution in [1.29, 1.82) is 0 Å². The zero-order valence-corrected chi connectivity index (χ0v) is 16.5. The zero-order chi connectivity index (χ0) is 20.1. The summed E-state index contributed by atoms with van der Waals surface area (Å²) in [4.78, 5) is 20.6. The quantitative estimate of drug-likeness (QED) is 0.594. The topological polar surface area (TPSA) is 76.1 Å². The third-order valence-electron chi connectivity index (χ3n) is 4.41. The fourth-order valence-electron chi connectivity index (χ4n) is 2.96. The molecule has 144 valence electrons. The van der Waals surface area contributed by atoms with E-state index in [0.29, 0.717) is 11.5 Å².